The van der Waals surface area contributed by atoms with E-state index >= 15 is 0 Å². The Morgan fingerprint density at radius 2 is 2.16 bits per heavy atom. The fourth-order valence-corrected chi connectivity index (χ4v) is 3.72. The number of benzene rings is 1. The van der Waals surface area contributed by atoms with Crippen LogP contribution in [0.15, 0.2) is 36.5 Å². The van der Waals surface area contributed by atoms with Gasteiger partial charge in [-0.05, 0) is 31.9 Å². The van der Waals surface area contributed by atoms with Gasteiger partial charge in [-0.3, -0.25) is 9.78 Å². The first kappa shape index (κ1) is 11.0. The van der Waals surface area contributed by atoms with E-state index in [0.29, 0.717) is 6.04 Å². The molecule has 4 rings (SSSR count). The topological polar surface area (TPSA) is 33.2 Å². The van der Waals surface area contributed by atoms with Crippen molar-refractivity contribution in [2.45, 2.75) is 32.2 Å². The van der Waals surface area contributed by atoms with E-state index in [4.69, 9.17) is 0 Å². The Bertz CT molecular complexity index is 676. The molecule has 2 aromatic rings. The number of fused-ring (bicyclic) bond motifs is 2. The van der Waals surface area contributed by atoms with Gasteiger partial charge in [0, 0.05) is 11.6 Å². The Kier molecular flexibility index (Phi) is 2.06. The van der Waals surface area contributed by atoms with E-state index in [1.54, 1.807) is 6.20 Å². The first-order valence-electron chi connectivity index (χ1n) is 6.89. The van der Waals surface area contributed by atoms with Gasteiger partial charge in [-0.2, -0.15) is 0 Å². The molecule has 0 radical (unpaired) electrons. The summed E-state index contributed by atoms with van der Waals surface area (Å²) in [6.45, 7) is 2.11. The van der Waals surface area contributed by atoms with Crippen LogP contribution < -0.4 is 4.90 Å². The predicted molar refractivity (Wildman–Crippen MR) is 75.0 cm³/mol. The quantitative estimate of drug-likeness (QED) is 0.730. The maximum atomic E-state index is 12.5. The maximum Gasteiger partial charge on any atom is 0.235 e. The molecule has 2 atom stereocenters. The zero-order chi connectivity index (χ0) is 13.0. The van der Waals surface area contributed by atoms with Gasteiger partial charge in [-0.1, -0.05) is 24.6 Å². The molecule has 0 bridgehead atoms. The molecule has 3 heteroatoms. The highest BCUT2D eigenvalue weighted by Gasteiger charge is 2.60. The number of rotatable bonds is 1. The highest BCUT2D eigenvalue weighted by Crippen LogP contribution is 2.53. The Morgan fingerprint density at radius 3 is 3.05 bits per heavy atom. The summed E-state index contributed by atoms with van der Waals surface area (Å²) in [6.07, 6.45) is 5.10. The number of carbonyl (C=O) groups is 1. The lowest BCUT2D eigenvalue weighted by atomic mass is 9.74. The molecule has 19 heavy (non-hydrogen) atoms. The highest BCUT2D eigenvalue weighted by atomic mass is 16.2. The van der Waals surface area contributed by atoms with Crippen molar-refractivity contribution in [3.63, 3.8) is 0 Å². The van der Waals surface area contributed by atoms with Gasteiger partial charge in [0.2, 0.25) is 5.91 Å². The van der Waals surface area contributed by atoms with Gasteiger partial charge in [-0.25, -0.2) is 0 Å². The van der Waals surface area contributed by atoms with E-state index in [-0.39, 0.29) is 11.3 Å². The summed E-state index contributed by atoms with van der Waals surface area (Å²) < 4.78 is 0. The third kappa shape index (κ3) is 1.28. The first-order chi connectivity index (χ1) is 9.22. The van der Waals surface area contributed by atoms with Crippen LogP contribution in [-0.4, -0.2) is 16.9 Å². The van der Waals surface area contributed by atoms with Crippen LogP contribution in [0.3, 0.4) is 0 Å². The second kappa shape index (κ2) is 3.56. The van der Waals surface area contributed by atoms with E-state index in [0.717, 1.165) is 35.9 Å². The van der Waals surface area contributed by atoms with Crippen LogP contribution in [0, 0.1) is 5.41 Å². The number of pyridine rings is 1. The molecule has 0 spiro atoms. The van der Waals surface area contributed by atoms with Crippen LogP contribution in [0.4, 0.5) is 5.69 Å². The van der Waals surface area contributed by atoms with Crippen LogP contribution in [0.1, 0.15) is 26.2 Å². The van der Waals surface area contributed by atoms with Gasteiger partial charge in [0.1, 0.15) is 0 Å². The average Bonchev–Trinajstić information content (AvgIpc) is 2.78. The minimum Gasteiger partial charge on any atom is -0.306 e. The van der Waals surface area contributed by atoms with Gasteiger partial charge >= 0.3 is 0 Å². The fourth-order valence-electron chi connectivity index (χ4n) is 3.72. The number of hydrogen-bond donors (Lipinski definition) is 0. The molecule has 2 aliphatic rings. The number of carbonyl (C=O) groups excluding carboxylic acids is 1. The molecule has 1 aliphatic carbocycles. The molecule has 1 saturated carbocycles. The molecule has 1 aliphatic heterocycles. The number of anilines is 1. The summed E-state index contributed by atoms with van der Waals surface area (Å²) in [7, 11) is 0. The van der Waals surface area contributed by atoms with Crippen molar-refractivity contribution in [2.75, 3.05) is 4.90 Å². The number of aromatic nitrogens is 1. The molecular formula is C16H16N2O. The Labute approximate surface area is 112 Å². The molecule has 0 N–H and O–H groups in total. The van der Waals surface area contributed by atoms with Gasteiger partial charge in [0.25, 0.3) is 0 Å². The second-order valence-corrected chi connectivity index (χ2v) is 5.85. The lowest BCUT2D eigenvalue weighted by Gasteiger charge is -2.51. The Balaban J connectivity index is 1.86. The molecular weight excluding hydrogens is 236 g/mol. The molecule has 1 saturated heterocycles. The molecule has 2 unspecified atom stereocenters. The SMILES string of the molecule is CC12CCCC1N(c1cccc3cccnc13)C2=O. The van der Waals surface area contributed by atoms with Crippen molar-refractivity contribution >= 4 is 22.5 Å². The van der Waals surface area contributed by atoms with Crippen molar-refractivity contribution < 1.29 is 4.79 Å². The monoisotopic (exact) mass is 252 g/mol. The van der Waals surface area contributed by atoms with Gasteiger partial charge in [0.05, 0.1) is 22.7 Å². The highest BCUT2D eigenvalue weighted by molar-refractivity contribution is 6.10. The normalized spacial score (nSPS) is 29.4. The lowest BCUT2D eigenvalue weighted by Crippen LogP contribution is -2.65. The Hall–Kier alpha value is -1.90. The number of hydrogen-bond acceptors (Lipinski definition) is 2. The number of nitrogens with zero attached hydrogens (tertiary/aromatic N) is 2. The smallest absolute Gasteiger partial charge is 0.235 e. The summed E-state index contributed by atoms with van der Waals surface area (Å²) >= 11 is 0. The number of amides is 1. The van der Waals surface area contributed by atoms with E-state index in [2.05, 4.69) is 11.9 Å². The number of para-hydroxylation sites is 1. The summed E-state index contributed by atoms with van der Waals surface area (Å²) in [5.41, 5.74) is 1.80. The van der Waals surface area contributed by atoms with Crippen molar-refractivity contribution in [3.8, 4) is 0 Å². The summed E-state index contributed by atoms with van der Waals surface area (Å²) in [5, 5.41) is 1.10. The van der Waals surface area contributed by atoms with E-state index in [1.807, 2.05) is 35.2 Å². The van der Waals surface area contributed by atoms with E-state index in [1.165, 1.54) is 0 Å². The molecule has 1 aromatic carbocycles. The fraction of sp³-hybridized carbons (Fsp3) is 0.375. The van der Waals surface area contributed by atoms with Crippen molar-refractivity contribution in [1.29, 1.82) is 0 Å². The van der Waals surface area contributed by atoms with Crippen LogP contribution >= 0.6 is 0 Å². The van der Waals surface area contributed by atoms with Crippen molar-refractivity contribution in [1.82, 2.24) is 4.98 Å². The molecule has 3 nitrogen and oxygen atoms in total. The minimum absolute atomic E-state index is 0.114. The average molecular weight is 252 g/mol. The molecule has 1 amide bonds. The Morgan fingerprint density at radius 1 is 1.32 bits per heavy atom. The first-order valence-corrected chi connectivity index (χ1v) is 6.89. The third-order valence-electron chi connectivity index (χ3n) is 4.80. The minimum atomic E-state index is -0.114. The van der Waals surface area contributed by atoms with Gasteiger partial charge < -0.3 is 4.90 Å². The number of β-lactam (4-membered cyclic amide) rings is 1. The van der Waals surface area contributed by atoms with E-state index < -0.39 is 0 Å². The van der Waals surface area contributed by atoms with Crippen LogP contribution in [0.2, 0.25) is 0 Å². The maximum absolute atomic E-state index is 12.5. The zero-order valence-electron chi connectivity index (χ0n) is 11.0. The predicted octanol–water partition coefficient (Wildman–Crippen LogP) is 3.14. The second-order valence-electron chi connectivity index (χ2n) is 5.85. The van der Waals surface area contributed by atoms with Crippen LogP contribution in [0.5, 0.6) is 0 Å². The van der Waals surface area contributed by atoms with Gasteiger partial charge in [-0.15, -0.1) is 0 Å². The molecule has 2 fully saturated rings. The van der Waals surface area contributed by atoms with Crippen LogP contribution in [-0.2, 0) is 4.79 Å². The molecule has 1 aromatic heterocycles. The summed E-state index contributed by atoms with van der Waals surface area (Å²) in [6, 6.07) is 10.4. The summed E-state index contributed by atoms with van der Waals surface area (Å²) in [5.74, 6) is 0.271. The third-order valence-corrected chi connectivity index (χ3v) is 4.80. The summed E-state index contributed by atoms with van der Waals surface area (Å²) in [4.78, 5) is 18.9. The largest absolute Gasteiger partial charge is 0.306 e. The lowest BCUT2D eigenvalue weighted by molar-refractivity contribution is -0.136. The van der Waals surface area contributed by atoms with Crippen LogP contribution in [0.25, 0.3) is 10.9 Å². The van der Waals surface area contributed by atoms with Gasteiger partial charge in [0.15, 0.2) is 0 Å². The van der Waals surface area contributed by atoms with Crippen molar-refractivity contribution in [3.05, 3.63) is 36.5 Å². The van der Waals surface area contributed by atoms with Crippen molar-refractivity contribution in [2.24, 2.45) is 5.41 Å². The zero-order valence-corrected chi connectivity index (χ0v) is 11.0. The van der Waals surface area contributed by atoms with E-state index in [9.17, 15) is 4.79 Å². The standard InChI is InChI=1S/C16H16N2O/c1-16-9-3-8-13(16)18(15(16)19)12-7-2-5-11-6-4-10-17-14(11)12/h2,4-7,10,13H,3,8-9H2,1H3. The molecule has 96 valence electrons. The molecule has 2 heterocycles.